The summed E-state index contributed by atoms with van der Waals surface area (Å²) in [5, 5.41) is 0. The third kappa shape index (κ3) is 2.37. The number of hydrazine groups is 1. The molecule has 3 heteroatoms. The van der Waals surface area contributed by atoms with Crippen molar-refractivity contribution in [3.63, 3.8) is 0 Å². The third-order valence-corrected chi connectivity index (χ3v) is 3.04. The first-order chi connectivity index (χ1) is 7.31. The quantitative estimate of drug-likeness (QED) is 0.583. The minimum Gasteiger partial charge on any atom is -0.378 e. The molecular weight excluding hydrogens is 188 g/mol. The largest absolute Gasteiger partial charge is 0.378 e. The van der Waals surface area contributed by atoms with Gasteiger partial charge in [-0.25, -0.2) is 0 Å². The van der Waals surface area contributed by atoms with Gasteiger partial charge in [0.2, 0.25) is 0 Å². The number of hydrogen-bond acceptors (Lipinski definition) is 3. The molecule has 1 aromatic rings. The van der Waals surface area contributed by atoms with E-state index in [1.165, 1.54) is 5.56 Å². The highest BCUT2D eigenvalue weighted by Gasteiger charge is 2.29. The minimum atomic E-state index is 0.205. The monoisotopic (exact) mass is 206 g/mol. The lowest BCUT2D eigenvalue weighted by Crippen LogP contribution is -2.33. The van der Waals surface area contributed by atoms with Gasteiger partial charge in [-0.05, 0) is 18.9 Å². The van der Waals surface area contributed by atoms with E-state index in [4.69, 9.17) is 10.6 Å². The van der Waals surface area contributed by atoms with Crippen LogP contribution in [-0.2, 0) is 4.74 Å². The zero-order valence-electron chi connectivity index (χ0n) is 9.02. The van der Waals surface area contributed by atoms with E-state index in [2.05, 4.69) is 24.5 Å². The molecule has 15 heavy (non-hydrogen) atoms. The van der Waals surface area contributed by atoms with E-state index < -0.39 is 0 Å². The maximum atomic E-state index is 5.62. The van der Waals surface area contributed by atoms with Gasteiger partial charge < -0.3 is 4.74 Å². The Morgan fingerprint density at radius 3 is 2.67 bits per heavy atom. The van der Waals surface area contributed by atoms with Gasteiger partial charge in [-0.1, -0.05) is 30.3 Å². The molecule has 1 heterocycles. The normalized spacial score (nSPS) is 27.9. The summed E-state index contributed by atoms with van der Waals surface area (Å²) in [5.74, 6) is 6.10. The van der Waals surface area contributed by atoms with E-state index >= 15 is 0 Å². The summed E-state index contributed by atoms with van der Waals surface area (Å²) >= 11 is 0. The van der Waals surface area contributed by atoms with Crippen molar-refractivity contribution in [3.05, 3.63) is 35.9 Å². The SMILES string of the molecule is CC1CC(C(NN)c2ccccc2)CO1. The maximum Gasteiger partial charge on any atom is 0.0551 e. The molecule has 3 unspecified atom stereocenters. The fourth-order valence-corrected chi connectivity index (χ4v) is 2.25. The molecule has 3 atom stereocenters. The molecule has 0 saturated carbocycles. The fraction of sp³-hybridized carbons (Fsp3) is 0.500. The summed E-state index contributed by atoms with van der Waals surface area (Å²) < 4.78 is 5.57. The zero-order chi connectivity index (χ0) is 10.7. The van der Waals surface area contributed by atoms with Gasteiger partial charge in [0.15, 0.2) is 0 Å². The van der Waals surface area contributed by atoms with Gasteiger partial charge in [0.05, 0.1) is 18.8 Å². The lowest BCUT2D eigenvalue weighted by atomic mass is 9.91. The highest BCUT2D eigenvalue weighted by molar-refractivity contribution is 5.19. The number of rotatable bonds is 3. The molecule has 0 spiro atoms. The molecule has 2 rings (SSSR count). The lowest BCUT2D eigenvalue weighted by molar-refractivity contribution is 0.117. The van der Waals surface area contributed by atoms with Crippen LogP contribution in [0.3, 0.4) is 0 Å². The van der Waals surface area contributed by atoms with Crippen LogP contribution in [0.5, 0.6) is 0 Å². The molecule has 1 aliphatic heterocycles. The Kier molecular flexibility index (Phi) is 3.36. The summed E-state index contributed by atoms with van der Waals surface area (Å²) in [5.41, 5.74) is 4.14. The predicted molar refractivity (Wildman–Crippen MR) is 60.0 cm³/mol. The molecule has 1 fully saturated rings. The highest BCUT2D eigenvalue weighted by atomic mass is 16.5. The molecule has 0 aliphatic carbocycles. The predicted octanol–water partition coefficient (Wildman–Crippen LogP) is 1.62. The van der Waals surface area contributed by atoms with Crippen LogP contribution in [0.25, 0.3) is 0 Å². The van der Waals surface area contributed by atoms with E-state index in [1.54, 1.807) is 0 Å². The summed E-state index contributed by atoms with van der Waals surface area (Å²) in [6.07, 6.45) is 1.43. The van der Waals surface area contributed by atoms with Crippen molar-refractivity contribution in [3.8, 4) is 0 Å². The second-order valence-corrected chi connectivity index (χ2v) is 4.19. The van der Waals surface area contributed by atoms with E-state index in [-0.39, 0.29) is 6.04 Å². The van der Waals surface area contributed by atoms with Crippen molar-refractivity contribution in [2.75, 3.05) is 6.61 Å². The first kappa shape index (κ1) is 10.6. The molecule has 0 amide bonds. The Morgan fingerprint density at radius 2 is 2.13 bits per heavy atom. The van der Waals surface area contributed by atoms with E-state index in [9.17, 15) is 0 Å². The molecule has 1 aromatic carbocycles. The topological polar surface area (TPSA) is 47.3 Å². The number of nitrogens with two attached hydrogens (primary N) is 1. The van der Waals surface area contributed by atoms with Crippen molar-refractivity contribution < 1.29 is 4.74 Å². The highest BCUT2D eigenvalue weighted by Crippen LogP contribution is 2.30. The van der Waals surface area contributed by atoms with Gasteiger partial charge >= 0.3 is 0 Å². The van der Waals surface area contributed by atoms with Crippen LogP contribution in [0.2, 0.25) is 0 Å². The van der Waals surface area contributed by atoms with Crippen LogP contribution in [-0.4, -0.2) is 12.7 Å². The molecule has 3 N–H and O–H groups in total. The lowest BCUT2D eigenvalue weighted by Gasteiger charge is -2.21. The van der Waals surface area contributed by atoms with Crippen LogP contribution < -0.4 is 11.3 Å². The van der Waals surface area contributed by atoms with Crippen LogP contribution >= 0.6 is 0 Å². The summed E-state index contributed by atoms with van der Waals surface area (Å²) in [7, 11) is 0. The fourth-order valence-electron chi connectivity index (χ4n) is 2.25. The second kappa shape index (κ2) is 4.75. The number of benzene rings is 1. The standard InChI is InChI=1S/C12H18N2O/c1-9-7-11(8-15-9)12(14-13)10-5-3-2-4-6-10/h2-6,9,11-12,14H,7-8,13H2,1H3. The summed E-state index contributed by atoms with van der Waals surface area (Å²) in [6.45, 7) is 2.91. The van der Waals surface area contributed by atoms with Gasteiger partial charge in [-0.3, -0.25) is 11.3 Å². The molecule has 82 valence electrons. The van der Waals surface area contributed by atoms with Crippen molar-refractivity contribution in [1.29, 1.82) is 0 Å². The smallest absolute Gasteiger partial charge is 0.0551 e. The Balaban J connectivity index is 2.11. The van der Waals surface area contributed by atoms with Gasteiger partial charge in [0.25, 0.3) is 0 Å². The van der Waals surface area contributed by atoms with Gasteiger partial charge in [-0.15, -0.1) is 0 Å². The van der Waals surface area contributed by atoms with Crippen LogP contribution in [0.4, 0.5) is 0 Å². The first-order valence-electron chi connectivity index (χ1n) is 5.44. The van der Waals surface area contributed by atoms with Crippen molar-refractivity contribution in [2.24, 2.45) is 11.8 Å². The molecule has 3 nitrogen and oxygen atoms in total. The average molecular weight is 206 g/mol. The van der Waals surface area contributed by atoms with Crippen LogP contribution in [0, 0.1) is 5.92 Å². The number of hydrogen-bond donors (Lipinski definition) is 2. The molecule has 1 saturated heterocycles. The van der Waals surface area contributed by atoms with Crippen molar-refractivity contribution >= 4 is 0 Å². The average Bonchev–Trinajstić information content (AvgIpc) is 2.68. The first-order valence-corrected chi connectivity index (χ1v) is 5.44. The Morgan fingerprint density at radius 1 is 1.40 bits per heavy atom. The maximum absolute atomic E-state index is 5.62. The third-order valence-electron chi connectivity index (χ3n) is 3.04. The van der Waals surface area contributed by atoms with E-state index in [0.717, 1.165) is 13.0 Å². The Bertz CT molecular complexity index is 302. The van der Waals surface area contributed by atoms with E-state index in [0.29, 0.717) is 12.0 Å². The van der Waals surface area contributed by atoms with Crippen LogP contribution in [0.15, 0.2) is 30.3 Å². The molecule has 0 bridgehead atoms. The van der Waals surface area contributed by atoms with Gasteiger partial charge in [0.1, 0.15) is 0 Å². The van der Waals surface area contributed by atoms with Crippen LogP contribution in [0.1, 0.15) is 24.9 Å². The molecule has 0 aromatic heterocycles. The minimum absolute atomic E-state index is 0.205. The van der Waals surface area contributed by atoms with Crippen molar-refractivity contribution in [2.45, 2.75) is 25.5 Å². The molecule has 0 radical (unpaired) electrons. The summed E-state index contributed by atoms with van der Waals surface area (Å²) in [6, 6.07) is 10.5. The van der Waals surface area contributed by atoms with E-state index in [1.807, 2.05) is 18.2 Å². The van der Waals surface area contributed by atoms with Crippen molar-refractivity contribution in [1.82, 2.24) is 5.43 Å². The second-order valence-electron chi connectivity index (χ2n) is 4.19. The summed E-state index contributed by atoms with van der Waals surface area (Å²) in [4.78, 5) is 0. The Hall–Kier alpha value is -0.900. The molecular formula is C12H18N2O. The number of nitrogens with one attached hydrogen (secondary N) is 1. The Labute approximate surface area is 90.6 Å². The molecule has 1 aliphatic rings. The van der Waals surface area contributed by atoms with Gasteiger partial charge in [0, 0.05) is 5.92 Å². The zero-order valence-corrected chi connectivity index (χ0v) is 9.02. The number of ether oxygens (including phenoxy) is 1. The van der Waals surface area contributed by atoms with Gasteiger partial charge in [-0.2, -0.15) is 0 Å².